The summed E-state index contributed by atoms with van der Waals surface area (Å²) in [6.45, 7) is 5.08. The van der Waals surface area contributed by atoms with Gasteiger partial charge in [-0.1, -0.05) is 11.6 Å². The number of piperidine rings is 1. The normalized spacial score (nSPS) is 19.0. The van der Waals surface area contributed by atoms with E-state index in [4.69, 9.17) is 16.3 Å². The van der Waals surface area contributed by atoms with Crippen molar-refractivity contribution < 1.29 is 17.9 Å². The van der Waals surface area contributed by atoms with Gasteiger partial charge in [-0.15, -0.1) is 0 Å². The number of nitrogens with one attached hydrogen (secondary N) is 1. The van der Waals surface area contributed by atoms with E-state index in [0.29, 0.717) is 37.6 Å². The number of nitrogens with zero attached hydrogens (tertiary/aromatic N) is 1. The number of amides is 1. The predicted molar refractivity (Wildman–Crippen MR) is 92.8 cm³/mol. The van der Waals surface area contributed by atoms with Crippen LogP contribution in [0.5, 0.6) is 5.75 Å². The third kappa shape index (κ3) is 4.20. The highest BCUT2D eigenvalue weighted by molar-refractivity contribution is 7.89. The van der Waals surface area contributed by atoms with E-state index in [1.807, 2.05) is 6.92 Å². The highest BCUT2D eigenvalue weighted by Gasteiger charge is 2.34. The summed E-state index contributed by atoms with van der Waals surface area (Å²) in [6, 6.07) is 4.56. The van der Waals surface area contributed by atoms with Gasteiger partial charge >= 0.3 is 0 Å². The quantitative estimate of drug-likeness (QED) is 0.828. The maximum absolute atomic E-state index is 13.0. The fourth-order valence-corrected chi connectivity index (χ4v) is 4.71. The Balaban J connectivity index is 2.30. The molecule has 2 rings (SSSR count). The van der Waals surface area contributed by atoms with E-state index in [1.54, 1.807) is 19.1 Å². The van der Waals surface area contributed by atoms with Crippen LogP contribution in [-0.4, -0.2) is 44.9 Å². The molecule has 1 aromatic rings. The van der Waals surface area contributed by atoms with Crippen LogP contribution < -0.4 is 10.1 Å². The number of halogens is 1. The van der Waals surface area contributed by atoms with Gasteiger partial charge in [-0.05, 0) is 44.9 Å². The number of carbonyl (C=O) groups excluding carboxylic acids is 1. The summed E-state index contributed by atoms with van der Waals surface area (Å²) in [7, 11) is -3.77. The zero-order chi connectivity index (χ0) is 17.7. The fraction of sp³-hybridized carbons (Fsp3) is 0.562. The Bertz CT molecular complexity index is 693. The van der Waals surface area contributed by atoms with Gasteiger partial charge in [-0.3, -0.25) is 4.79 Å². The lowest BCUT2D eigenvalue weighted by Gasteiger charge is -2.31. The van der Waals surface area contributed by atoms with E-state index >= 15 is 0 Å². The second kappa shape index (κ2) is 8.18. The summed E-state index contributed by atoms with van der Waals surface area (Å²) in [4.78, 5) is 12.1. The summed E-state index contributed by atoms with van der Waals surface area (Å²) < 4.78 is 32.8. The monoisotopic (exact) mass is 374 g/mol. The molecule has 1 fully saturated rings. The summed E-state index contributed by atoms with van der Waals surface area (Å²) in [6.07, 6.45) is 1.33. The summed E-state index contributed by atoms with van der Waals surface area (Å²) in [5.74, 6) is -0.154. The summed E-state index contributed by atoms with van der Waals surface area (Å²) in [5.41, 5.74) is 0. The third-order valence-electron chi connectivity index (χ3n) is 3.93. The van der Waals surface area contributed by atoms with Crippen LogP contribution in [0.3, 0.4) is 0 Å². The van der Waals surface area contributed by atoms with Gasteiger partial charge in [0, 0.05) is 24.7 Å². The minimum atomic E-state index is -3.77. The van der Waals surface area contributed by atoms with Gasteiger partial charge in [0.1, 0.15) is 10.6 Å². The van der Waals surface area contributed by atoms with E-state index in [1.165, 1.54) is 10.4 Å². The predicted octanol–water partition coefficient (Wildman–Crippen LogP) is 2.28. The lowest BCUT2D eigenvalue weighted by atomic mass is 9.99. The van der Waals surface area contributed by atoms with Crippen molar-refractivity contribution in [1.29, 1.82) is 0 Å². The molecule has 24 heavy (non-hydrogen) atoms. The van der Waals surface area contributed by atoms with Crippen molar-refractivity contribution in [2.24, 2.45) is 5.92 Å². The van der Waals surface area contributed by atoms with Crippen LogP contribution >= 0.6 is 11.6 Å². The van der Waals surface area contributed by atoms with Crippen LogP contribution in [0.1, 0.15) is 26.7 Å². The van der Waals surface area contributed by atoms with Crippen molar-refractivity contribution in [1.82, 2.24) is 9.62 Å². The number of hydrogen-bond acceptors (Lipinski definition) is 4. The van der Waals surface area contributed by atoms with Crippen molar-refractivity contribution in [3.63, 3.8) is 0 Å². The molecule has 1 atom stereocenters. The SMILES string of the molecule is CCNC(=O)C1CCCN(S(=O)(=O)c2cc(Cl)ccc2OCC)C1. The standard InChI is InChI=1S/C16H23ClN2O4S/c1-3-18-16(20)12-6-5-9-19(11-12)24(21,22)15-10-13(17)7-8-14(15)23-4-2/h7-8,10,12H,3-6,9,11H2,1-2H3,(H,18,20). The van der Waals surface area contributed by atoms with E-state index in [2.05, 4.69) is 5.32 Å². The minimum Gasteiger partial charge on any atom is -0.492 e. The maximum Gasteiger partial charge on any atom is 0.246 e. The third-order valence-corrected chi connectivity index (χ3v) is 6.05. The Morgan fingerprint density at radius 3 is 2.83 bits per heavy atom. The molecule has 1 aliphatic heterocycles. The first-order chi connectivity index (χ1) is 11.4. The Morgan fingerprint density at radius 1 is 1.42 bits per heavy atom. The van der Waals surface area contributed by atoms with Gasteiger partial charge in [0.15, 0.2) is 0 Å². The van der Waals surface area contributed by atoms with Crippen molar-refractivity contribution >= 4 is 27.5 Å². The number of sulfonamides is 1. The topological polar surface area (TPSA) is 75.7 Å². The molecule has 1 N–H and O–H groups in total. The number of carbonyl (C=O) groups is 1. The average molecular weight is 375 g/mol. The summed E-state index contributed by atoms with van der Waals surface area (Å²) >= 11 is 5.98. The molecule has 0 radical (unpaired) electrons. The molecule has 1 aromatic carbocycles. The zero-order valence-corrected chi connectivity index (χ0v) is 15.5. The molecular formula is C16H23ClN2O4S. The first-order valence-corrected chi connectivity index (χ1v) is 9.92. The molecule has 134 valence electrons. The number of rotatable bonds is 6. The number of ether oxygens (including phenoxy) is 1. The van der Waals surface area contributed by atoms with Crippen LogP contribution in [0.25, 0.3) is 0 Å². The lowest BCUT2D eigenvalue weighted by Crippen LogP contribution is -2.45. The zero-order valence-electron chi connectivity index (χ0n) is 13.9. The van der Waals surface area contributed by atoms with Gasteiger partial charge in [0.05, 0.1) is 12.5 Å². The molecule has 0 aromatic heterocycles. The van der Waals surface area contributed by atoms with Crippen molar-refractivity contribution in [3.05, 3.63) is 23.2 Å². The van der Waals surface area contributed by atoms with Crippen molar-refractivity contribution in [2.45, 2.75) is 31.6 Å². The van der Waals surface area contributed by atoms with E-state index in [9.17, 15) is 13.2 Å². The van der Waals surface area contributed by atoms with Crippen molar-refractivity contribution in [2.75, 3.05) is 26.2 Å². The Labute approximate surface area is 148 Å². The first-order valence-electron chi connectivity index (χ1n) is 8.10. The minimum absolute atomic E-state index is 0.0494. The molecule has 0 bridgehead atoms. The Morgan fingerprint density at radius 2 is 2.17 bits per heavy atom. The molecule has 1 unspecified atom stereocenters. The lowest BCUT2D eigenvalue weighted by molar-refractivity contribution is -0.125. The van der Waals surface area contributed by atoms with Crippen LogP contribution in [-0.2, 0) is 14.8 Å². The molecule has 0 saturated carbocycles. The van der Waals surface area contributed by atoms with Gasteiger partial charge in [-0.25, -0.2) is 8.42 Å². The molecular weight excluding hydrogens is 352 g/mol. The second-order valence-electron chi connectivity index (χ2n) is 5.62. The molecule has 1 heterocycles. The smallest absolute Gasteiger partial charge is 0.246 e. The Kier molecular flexibility index (Phi) is 6.48. The average Bonchev–Trinajstić information content (AvgIpc) is 2.57. The molecule has 1 saturated heterocycles. The molecule has 8 heteroatoms. The van der Waals surface area contributed by atoms with Gasteiger partial charge < -0.3 is 10.1 Å². The van der Waals surface area contributed by atoms with Crippen LogP contribution in [0, 0.1) is 5.92 Å². The van der Waals surface area contributed by atoms with E-state index < -0.39 is 10.0 Å². The maximum atomic E-state index is 13.0. The van der Waals surface area contributed by atoms with Crippen LogP contribution in [0.2, 0.25) is 5.02 Å². The molecule has 1 amide bonds. The Hall–Kier alpha value is -1.31. The molecule has 6 nitrogen and oxygen atoms in total. The largest absolute Gasteiger partial charge is 0.492 e. The van der Waals surface area contributed by atoms with Crippen LogP contribution in [0.15, 0.2) is 23.1 Å². The number of benzene rings is 1. The highest BCUT2D eigenvalue weighted by atomic mass is 35.5. The molecule has 1 aliphatic rings. The van der Waals surface area contributed by atoms with E-state index in [-0.39, 0.29) is 29.0 Å². The second-order valence-corrected chi connectivity index (χ2v) is 7.96. The van der Waals surface area contributed by atoms with Gasteiger partial charge in [0.25, 0.3) is 0 Å². The van der Waals surface area contributed by atoms with Gasteiger partial charge in [0.2, 0.25) is 15.9 Å². The first kappa shape index (κ1) is 19.0. The summed E-state index contributed by atoms with van der Waals surface area (Å²) in [5, 5.41) is 3.09. The molecule has 0 spiro atoms. The van der Waals surface area contributed by atoms with Crippen molar-refractivity contribution in [3.8, 4) is 5.75 Å². The highest BCUT2D eigenvalue weighted by Crippen LogP contribution is 2.32. The van der Waals surface area contributed by atoms with E-state index in [0.717, 1.165) is 0 Å². The van der Waals surface area contributed by atoms with Gasteiger partial charge in [-0.2, -0.15) is 4.31 Å². The fourth-order valence-electron chi connectivity index (χ4n) is 2.79. The molecule has 0 aliphatic carbocycles. The number of hydrogen-bond donors (Lipinski definition) is 1. The van der Waals surface area contributed by atoms with Crippen LogP contribution in [0.4, 0.5) is 0 Å².